The molecule has 1 aromatic heterocycles. The predicted molar refractivity (Wildman–Crippen MR) is 142 cm³/mol. The number of fused-ring (bicyclic) bond motifs is 1. The molecule has 0 saturated carbocycles. The number of benzene rings is 3. The van der Waals surface area contributed by atoms with Gasteiger partial charge in [0, 0.05) is 30.5 Å². The van der Waals surface area contributed by atoms with Crippen molar-refractivity contribution in [1.82, 2.24) is 20.1 Å². The summed E-state index contributed by atoms with van der Waals surface area (Å²) in [6.45, 7) is 4.77. The maximum Gasteiger partial charge on any atom is 0.280 e. The summed E-state index contributed by atoms with van der Waals surface area (Å²) in [6.07, 6.45) is 1.70. The molecule has 2 heterocycles. The molecule has 1 amide bonds. The highest BCUT2D eigenvalue weighted by atomic mass is 32.2. The molecule has 0 radical (unpaired) electrons. The van der Waals surface area contributed by atoms with Gasteiger partial charge in [-0.2, -0.15) is 0 Å². The number of carbonyl (C=O) groups excluding carboxylic acids is 1. The first kappa shape index (κ1) is 25.0. The molecule has 0 fully saturated rings. The van der Waals surface area contributed by atoms with Gasteiger partial charge in [-0.05, 0) is 41.5 Å². The molecule has 1 aliphatic heterocycles. The molecule has 3 aromatic carbocycles. The number of ether oxygens (including phenoxy) is 2. The summed E-state index contributed by atoms with van der Waals surface area (Å²) in [4.78, 5) is 23.7. The van der Waals surface area contributed by atoms with Gasteiger partial charge in [-0.25, -0.2) is 0 Å². The van der Waals surface area contributed by atoms with Crippen LogP contribution in [0.5, 0.6) is 11.5 Å². The second-order valence-corrected chi connectivity index (χ2v) is 9.28. The van der Waals surface area contributed by atoms with Crippen LogP contribution in [-0.4, -0.2) is 32.4 Å². The Labute approximate surface area is 222 Å². The summed E-state index contributed by atoms with van der Waals surface area (Å²) in [7, 11) is 0. The second kappa shape index (κ2) is 11.2. The Hall–Kier alpha value is -4.64. The summed E-state index contributed by atoms with van der Waals surface area (Å²) in [5.74, 6) is 2.19. The molecule has 1 aliphatic rings. The molecule has 10 nitrogen and oxygen atoms in total. The standard InChI is InChI=1S/C27H23N5O5S/c1-2-13-31-25(21-5-3-4-6-22(21)32(34)35)29-30-27(31)38-16-18-7-10-20(11-8-18)26(33)28-15-19-9-12-23-24(14-19)37-17-36-23/h2-12,14H,1,13,15-17H2,(H,28,33). The van der Waals surface area contributed by atoms with Crippen LogP contribution in [0.15, 0.2) is 84.5 Å². The van der Waals surface area contributed by atoms with Crippen molar-refractivity contribution in [3.8, 4) is 22.9 Å². The molecule has 38 heavy (non-hydrogen) atoms. The Bertz CT molecular complexity index is 1500. The fourth-order valence-electron chi connectivity index (χ4n) is 3.95. The summed E-state index contributed by atoms with van der Waals surface area (Å²) in [6, 6.07) is 19.4. The van der Waals surface area contributed by atoms with Gasteiger partial charge in [0.05, 0.1) is 10.5 Å². The molecule has 0 spiro atoms. The van der Waals surface area contributed by atoms with E-state index in [9.17, 15) is 14.9 Å². The molecule has 4 aromatic rings. The minimum atomic E-state index is -0.429. The van der Waals surface area contributed by atoms with E-state index in [0.717, 1.165) is 11.1 Å². The van der Waals surface area contributed by atoms with Gasteiger partial charge in [-0.15, -0.1) is 16.8 Å². The number of amides is 1. The van der Waals surface area contributed by atoms with Crippen LogP contribution in [0.25, 0.3) is 11.4 Å². The van der Waals surface area contributed by atoms with Crippen LogP contribution in [0.3, 0.4) is 0 Å². The normalized spacial score (nSPS) is 11.8. The summed E-state index contributed by atoms with van der Waals surface area (Å²) in [5.41, 5.74) is 2.82. The third-order valence-corrected chi connectivity index (χ3v) is 6.88. The van der Waals surface area contributed by atoms with Crippen molar-refractivity contribution in [2.75, 3.05) is 6.79 Å². The van der Waals surface area contributed by atoms with Crippen molar-refractivity contribution in [3.05, 3.63) is 106 Å². The van der Waals surface area contributed by atoms with Gasteiger partial charge in [-0.3, -0.25) is 19.5 Å². The zero-order valence-corrected chi connectivity index (χ0v) is 21.0. The lowest BCUT2D eigenvalue weighted by Gasteiger charge is -2.09. The number of rotatable bonds is 10. The van der Waals surface area contributed by atoms with Crippen LogP contribution < -0.4 is 14.8 Å². The van der Waals surface area contributed by atoms with E-state index in [0.29, 0.717) is 52.4 Å². The third-order valence-electron chi connectivity index (χ3n) is 5.84. The quantitative estimate of drug-likeness (QED) is 0.132. The first-order chi connectivity index (χ1) is 18.5. The Kier molecular flexibility index (Phi) is 7.36. The Morgan fingerprint density at radius 1 is 1.08 bits per heavy atom. The number of thioether (sulfide) groups is 1. The highest BCUT2D eigenvalue weighted by Gasteiger charge is 2.21. The molecule has 0 unspecified atom stereocenters. The van der Waals surface area contributed by atoms with Crippen molar-refractivity contribution in [2.24, 2.45) is 0 Å². The van der Waals surface area contributed by atoms with E-state index >= 15 is 0 Å². The van der Waals surface area contributed by atoms with Crippen LogP contribution >= 0.6 is 11.8 Å². The molecule has 5 rings (SSSR count). The van der Waals surface area contributed by atoms with Gasteiger partial charge >= 0.3 is 0 Å². The van der Waals surface area contributed by atoms with E-state index in [1.54, 1.807) is 41.0 Å². The van der Waals surface area contributed by atoms with Gasteiger partial charge in [0.1, 0.15) is 0 Å². The number of carbonyl (C=O) groups is 1. The zero-order valence-electron chi connectivity index (χ0n) is 20.2. The zero-order chi connectivity index (χ0) is 26.5. The fourth-order valence-corrected chi connectivity index (χ4v) is 4.85. The molecular formula is C27H23N5O5S. The highest BCUT2D eigenvalue weighted by molar-refractivity contribution is 7.98. The number of nitro benzene ring substituents is 1. The monoisotopic (exact) mass is 529 g/mol. The van der Waals surface area contributed by atoms with E-state index in [1.807, 2.05) is 30.3 Å². The smallest absolute Gasteiger partial charge is 0.280 e. The van der Waals surface area contributed by atoms with Crippen LogP contribution in [0.2, 0.25) is 0 Å². The molecule has 1 N–H and O–H groups in total. The minimum Gasteiger partial charge on any atom is -0.454 e. The van der Waals surface area contributed by atoms with Crippen LogP contribution in [0, 0.1) is 10.1 Å². The Morgan fingerprint density at radius 2 is 1.84 bits per heavy atom. The number of nitro groups is 1. The molecule has 0 atom stereocenters. The number of nitrogens with zero attached hydrogens (tertiary/aromatic N) is 4. The van der Waals surface area contributed by atoms with E-state index in [-0.39, 0.29) is 18.4 Å². The number of aromatic nitrogens is 3. The third kappa shape index (κ3) is 5.37. The number of allylic oxidation sites excluding steroid dienone is 1. The van der Waals surface area contributed by atoms with E-state index in [1.165, 1.54) is 17.8 Å². The van der Waals surface area contributed by atoms with Gasteiger partial charge in [0.2, 0.25) is 6.79 Å². The molecule has 0 bridgehead atoms. The van der Waals surface area contributed by atoms with Gasteiger partial charge in [-0.1, -0.05) is 48.2 Å². The molecule has 0 aliphatic carbocycles. The lowest BCUT2D eigenvalue weighted by molar-refractivity contribution is -0.384. The van der Waals surface area contributed by atoms with Crippen molar-refractivity contribution in [2.45, 2.75) is 24.0 Å². The Balaban J connectivity index is 1.23. The van der Waals surface area contributed by atoms with Crippen molar-refractivity contribution >= 4 is 23.4 Å². The van der Waals surface area contributed by atoms with Crippen molar-refractivity contribution in [1.29, 1.82) is 0 Å². The van der Waals surface area contributed by atoms with E-state index in [2.05, 4.69) is 22.1 Å². The van der Waals surface area contributed by atoms with Crippen LogP contribution in [-0.2, 0) is 18.8 Å². The molecule has 192 valence electrons. The lowest BCUT2D eigenvalue weighted by atomic mass is 10.1. The van der Waals surface area contributed by atoms with Gasteiger partial charge < -0.3 is 14.8 Å². The predicted octanol–water partition coefficient (Wildman–Crippen LogP) is 4.99. The number of hydrogen-bond acceptors (Lipinski definition) is 8. The van der Waals surface area contributed by atoms with E-state index < -0.39 is 4.92 Å². The van der Waals surface area contributed by atoms with Crippen molar-refractivity contribution < 1.29 is 19.2 Å². The summed E-state index contributed by atoms with van der Waals surface area (Å²) in [5, 5.41) is 23.5. The first-order valence-corrected chi connectivity index (χ1v) is 12.7. The number of nitrogens with one attached hydrogen (secondary N) is 1. The average molecular weight is 530 g/mol. The van der Waals surface area contributed by atoms with Gasteiger partial charge in [0.15, 0.2) is 22.5 Å². The van der Waals surface area contributed by atoms with E-state index in [4.69, 9.17) is 9.47 Å². The molecular weight excluding hydrogens is 506 g/mol. The van der Waals surface area contributed by atoms with Crippen molar-refractivity contribution in [3.63, 3.8) is 0 Å². The summed E-state index contributed by atoms with van der Waals surface area (Å²) >= 11 is 1.45. The first-order valence-electron chi connectivity index (χ1n) is 11.7. The van der Waals surface area contributed by atoms with Crippen LogP contribution in [0.4, 0.5) is 5.69 Å². The average Bonchev–Trinajstić information content (AvgIpc) is 3.57. The fraction of sp³-hybridized carbons (Fsp3) is 0.148. The number of hydrogen-bond donors (Lipinski definition) is 1. The lowest BCUT2D eigenvalue weighted by Crippen LogP contribution is -2.22. The topological polar surface area (TPSA) is 121 Å². The Morgan fingerprint density at radius 3 is 2.63 bits per heavy atom. The highest BCUT2D eigenvalue weighted by Crippen LogP contribution is 2.33. The maximum absolute atomic E-state index is 12.6. The second-order valence-electron chi connectivity index (χ2n) is 8.34. The maximum atomic E-state index is 12.6. The molecule has 11 heteroatoms. The summed E-state index contributed by atoms with van der Waals surface area (Å²) < 4.78 is 12.5. The minimum absolute atomic E-state index is 0.0332. The van der Waals surface area contributed by atoms with Crippen LogP contribution in [0.1, 0.15) is 21.5 Å². The molecule has 0 saturated heterocycles. The number of para-hydroxylation sites is 1. The van der Waals surface area contributed by atoms with Gasteiger partial charge in [0.25, 0.3) is 11.6 Å². The SMILES string of the molecule is C=CCn1c(SCc2ccc(C(=O)NCc3ccc4c(c3)OCO4)cc2)nnc1-c1ccccc1[N+](=O)[O-]. The largest absolute Gasteiger partial charge is 0.454 e.